The number of rotatable bonds is 17. The Hall–Kier alpha value is -6.02. The summed E-state index contributed by atoms with van der Waals surface area (Å²) in [6.07, 6.45) is 13.7. The number of hydrogen-bond acceptors (Lipinski definition) is 13. The van der Waals surface area contributed by atoms with Gasteiger partial charge in [-0.2, -0.15) is 0 Å². The molecule has 4 heterocycles. The van der Waals surface area contributed by atoms with Gasteiger partial charge in [0.2, 0.25) is 11.5 Å². The van der Waals surface area contributed by atoms with Gasteiger partial charge in [-0.3, -0.25) is 19.6 Å². The SMILES string of the molecule is COCCOc1cc2nccc(Oc3ccc(CC(=O)CC4CCC4)c(Cl)c3)c2c2c1OCCO2.COc1cc2nccc(Oc3ccc(CC(=O)CC4CCCC4)c(Cl)c3)c2c2c1OCCO2. The lowest BCUT2D eigenvalue weighted by Gasteiger charge is -2.24. The van der Waals surface area contributed by atoms with Crippen molar-refractivity contribution in [2.45, 2.75) is 70.6 Å². The number of carbonyl (C=O) groups is 2. The molecule has 10 rings (SSSR count). The molecule has 15 heteroatoms. The Bertz CT molecular complexity index is 2790. The molecule has 4 aromatic carbocycles. The number of hydrogen-bond donors (Lipinski definition) is 0. The minimum Gasteiger partial charge on any atom is -0.493 e. The Balaban J connectivity index is 0.000000170. The van der Waals surface area contributed by atoms with E-state index >= 15 is 0 Å². The molecule has 0 saturated heterocycles. The van der Waals surface area contributed by atoms with E-state index in [4.69, 9.17) is 65.8 Å². The van der Waals surface area contributed by atoms with Crippen LogP contribution < -0.4 is 37.9 Å². The van der Waals surface area contributed by atoms with Crippen molar-refractivity contribution >= 4 is 56.6 Å². The minimum atomic E-state index is 0.234. The van der Waals surface area contributed by atoms with Gasteiger partial charge < -0.3 is 42.6 Å². The highest BCUT2D eigenvalue weighted by molar-refractivity contribution is 6.32. The van der Waals surface area contributed by atoms with Crippen LogP contribution in [-0.2, 0) is 27.2 Å². The fraction of sp³-hybridized carbons (Fsp3) is 0.396. The largest absolute Gasteiger partial charge is 0.493 e. The molecule has 2 fully saturated rings. The van der Waals surface area contributed by atoms with Crippen LogP contribution in [0.5, 0.6) is 57.5 Å². The van der Waals surface area contributed by atoms with Crippen molar-refractivity contribution in [1.82, 2.24) is 9.97 Å². The van der Waals surface area contributed by atoms with Gasteiger partial charge in [0.05, 0.1) is 35.5 Å². The maximum absolute atomic E-state index is 12.5. The Morgan fingerprint density at radius 2 is 1.04 bits per heavy atom. The Labute approximate surface area is 405 Å². The zero-order chi connectivity index (χ0) is 47.0. The molecular weight excluding hydrogens is 911 g/mol. The van der Waals surface area contributed by atoms with Crippen molar-refractivity contribution in [3.63, 3.8) is 0 Å². The van der Waals surface area contributed by atoms with E-state index in [1.807, 2.05) is 36.4 Å². The summed E-state index contributed by atoms with van der Waals surface area (Å²) in [5.74, 6) is 7.10. The number of carbonyl (C=O) groups excluding carboxylic acids is 2. The number of ketones is 2. The summed E-state index contributed by atoms with van der Waals surface area (Å²) in [5.41, 5.74) is 2.97. The molecule has 2 aromatic heterocycles. The highest BCUT2D eigenvalue weighted by atomic mass is 35.5. The van der Waals surface area contributed by atoms with E-state index in [9.17, 15) is 9.59 Å². The van der Waals surface area contributed by atoms with Gasteiger partial charge in [0.15, 0.2) is 23.0 Å². The van der Waals surface area contributed by atoms with Gasteiger partial charge in [-0.05, 0) is 59.4 Å². The summed E-state index contributed by atoms with van der Waals surface area (Å²) in [5, 5.41) is 2.43. The third kappa shape index (κ3) is 11.0. The first-order valence-corrected chi connectivity index (χ1v) is 24.0. The van der Waals surface area contributed by atoms with Crippen molar-refractivity contribution in [2.75, 3.05) is 53.9 Å². The van der Waals surface area contributed by atoms with Crippen LogP contribution in [0.1, 0.15) is 68.9 Å². The topological polar surface area (TPSA) is 143 Å². The van der Waals surface area contributed by atoms with Crippen LogP contribution in [0.2, 0.25) is 10.0 Å². The first-order valence-electron chi connectivity index (χ1n) is 23.3. The zero-order valence-corrected chi connectivity index (χ0v) is 39.8. The molecule has 356 valence electrons. The van der Waals surface area contributed by atoms with Crippen molar-refractivity contribution in [2.24, 2.45) is 11.8 Å². The lowest BCUT2D eigenvalue weighted by atomic mass is 9.81. The second kappa shape index (κ2) is 21.9. The first kappa shape index (κ1) is 47.1. The molecule has 0 radical (unpaired) electrons. The summed E-state index contributed by atoms with van der Waals surface area (Å²) in [6, 6.07) is 18.1. The monoisotopic (exact) mass is 964 g/mol. The fourth-order valence-electron chi connectivity index (χ4n) is 9.06. The van der Waals surface area contributed by atoms with E-state index in [0.717, 1.165) is 36.8 Å². The number of fused-ring (bicyclic) bond motifs is 6. The van der Waals surface area contributed by atoms with Crippen LogP contribution in [0.4, 0.5) is 0 Å². The van der Waals surface area contributed by atoms with Crippen molar-refractivity contribution in [1.29, 1.82) is 0 Å². The summed E-state index contributed by atoms with van der Waals surface area (Å²) < 4.78 is 52.4. The van der Waals surface area contributed by atoms with Crippen LogP contribution in [-0.4, -0.2) is 75.4 Å². The van der Waals surface area contributed by atoms with Crippen LogP contribution >= 0.6 is 23.2 Å². The van der Waals surface area contributed by atoms with E-state index in [1.54, 1.807) is 50.9 Å². The van der Waals surface area contributed by atoms with E-state index in [1.165, 1.54) is 19.3 Å². The third-order valence-electron chi connectivity index (χ3n) is 12.7. The standard InChI is InChI=1S/C27H28ClNO6.C26H26ClNO5/c1-31-9-10-32-24-16-22-25(27-26(24)33-11-12-34-27)23(7-8-29-22)35-20-6-5-18(21(28)15-20)14-19(30)13-17-3-2-4-17;1-30-23-15-21-24(26-25(23)31-10-11-32-26)22(8-9-28-21)33-19-7-6-17(20(27)14-19)13-18(29)12-16-4-2-3-5-16/h5-8,15-17H,2-4,9-14H2,1H3;6-9,14-16H,2-5,10-13H2,1H3. The lowest BCUT2D eigenvalue weighted by molar-refractivity contribution is -0.120. The van der Waals surface area contributed by atoms with Gasteiger partial charge in [0.25, 0.3) is 0 Å². The predicted molar refractivity (Wildman–Crippen MR) is 258 cm³/mol. The number of nitrogens with zero attached hydrogens (tertiary/aromatic N) is 2. The number of benzene rings is 4. The summed E-state index contributed by atoms with van der Waals surface area (Å²) in [4.78, 5) is 33.8. The number of aromatic nitrogens is 2. The molecule has 13 nitrogen and oxygen atoms in total. The summed E-state index contributed by atoms with van der Waals surface area (Å²) in [7, 11) is 3.21. The molecule has 0 N–H and O–H groups in total. The maximum Gasteiger partial charge on any atom is 0.204 e. The van der Waals surface area contributed by atoms with Gasteiger partial charge in [-0.15, -0.1) is 0 Å². The molecule has 0 unspecified atom stereocenters. The smallest absolute Gasteiger partial charge is 0.204 e. The molecule has 0 atom stereocenters. The second-order valence-corrected chi connectivity index (χ2v) is 18.2. The van der Waals surface area contributed by atoms with Crippen LogP contribution in [0, 0.1) is 11.8 Å². The maximum atomic E-state index is 12.5. The van der Waals surface area contributed by atoms with Crippen molar-refractivity contribution in [3.05, 3.63) is 94.2 Å². The number of ether oxygens (including phenoxy) is 9. The van der Waals surface area contributed by atoms with E-state index in [-0.39, 0.29) is 11.6 Å². The number of halogens is 2. The summed E-state index contributed by atoms with van der Waals surface area (Å²) >= 11 is 13.0. The Kier molecular flexibility index (Phi) is 15.2. The highest BCUT2D eigenvalue weighted by Crippen LogP contribution is 2.50. The molecule has 0 amide bonds. The van der Waals surface area contributed by atoms with Crippen LogP contribution in [0.3, 0.4) is 0 Å². The average Bonchev–Trinajstić information content (AvgIpc) is 3.85. The van der Waals surface area contributed by atoms with Gasteiger partial charge >= 0.3 is 0 Å². The fourth-order valence-corrected chi connectivity index (χ4v) is 9.53. The predicted octanol–water partition coefficient (Wildman–Crippen LogP) is 11.9. The first-order chi connectivity index (χ1) is 33.2. The van der Waals surface area contributed by atoms with Crippen LogP contribution in [0.25, 0.3) is 21.8 Å². The number of Topliss-reactive ketones (excluding diaryl/α,β-unsaturated/α-hetero) is 2. The van der Waals surface area contributed by atoms with Gasteiger partial charge in [0.1, 0.15) is 67.6 Å². The van der Waals surface area contributed by atoms with Crippen LogP contribution in [0.15, 0.2) is 73.1 Å². The van der Waals surface area contributed by atoms with Gasteiger partial charge in [-0.25, -0.2) is 0 Å². The molecule has 0 spiro atoms. The molecular formula is C53H54Cl2N2O11. The van der Waals surface area contributed by atoms with E-state index in [2.05, 4.69) is 9.97 Å². The minimum absolute atomic E-state index is 0.234. The van der Waals surface area contributed by atoms with Gasteiger partial charge in [-0.1, -0.05) is 80.3 Å². The quantitative estimate of drug-likeness (QED) is 0.0801. The van der Waals surface area contributed by atoms with E-state index < -0.39 is 0 Å². The molecule has 4 aliphatic rings. The molecule has 6 aromatic rings. The molecule has 68 heavy (non-hydrogen) atoms. The van der Waals surface area contributed by atoms with Gasteiger partial charge in [0, 0.05) is 67.4 Å². The third-order valence-corrected chi connectivity index (χ3v) is 13.4. The number of pyridine rings is 2. The molecule has 2 aliphatic carbocycles. The number of methoxy groups -OCH3 is 2. The molecule has 2 saturated carbocycles. The molecule has 2 aliphatic heterocycles. The normalized spacial score (nSPS) is 15.3. The van der Waals surface area contributed by atoms with Crippen molar-refractivity contribution in [3.8, 4) is 57.5 Å². The molecule has 0 bridgehead atoms. The second-order valence-electron chi connectivity index (χ2n) is 17.4. The lowest BCUT2D eigenvalue weighted by Crippen LogP contribution is -2.17. The average molecular weight is 966 g/mol. The zero-order valence-electron chi connectivity index (χ0n) is 38.2. The van der Waals surface area contributed by atoms with E-state index in [0.29, 0.717) is 167 Å². The highest BCUT2D eigenvalue weighted by Gasteiger charge is 2.27. The van der Waals surface area contributed by atoms with Crippen molar-refractivity contribution < 1.29 is 52.2 Å². The Morgan fingerprint density at radius 1 is 0.574 bits per heavy atom. The summed E-state index contributed by atoms with van der Waals surface area (Å²) in [6.45, 7) is 2.54. The Morgan fingerprint density at radius 3 is 1.50 bits per heavy atom.